The van der Waals surface area contributed by atoms with E-state index in [1.165, 1.54) is 28.4 Å². The van der Waals surface area contributed by atoms with Crippen molar-refractivity contribution in [2.75, 3.05) is 54.9 Å². The van der Waals surface area contributed by atoms with Crippen molar-refractivity contribution in [1.29, 1.82) is 0 Å². The van der Waals surface area contributed by atoms with Crippen LogP contribution in [0.4, 0.5) is 0 Å². The summed E-state index contributed by atoms with van der Waals surface area (Å²) < 4.78 is 45.9. The molecule has 2 saturated heterocycles. The van der Waals surface area contributed by atoms with E-state index in [4.69, 9.17) is 37.9 Å². The molecule has 0 saturated carbocycles. The number of fused-ring (bicyclic) bond motifs is 1. The number of benzene rings is 2. The molecule has 0 aromatic heterocycles. The number of hydrogen-bond acceptors (Lipinski definition) is 18. The minimum absolute atomic E-state index is 0.0425. The second-order valence-corrected chi connectivity index (χ2v) is 12.9. The Bertz CT molecular complexity index is 1480. The van der Waals surface area contributed by atoms with Gasteiger partial charge < -0.3 is 89.0 Å². The predicted molar refractivity (Wildman–Crippen MR) is 174 cm³/mol. The van der Waals surface area contributed by atoms with E-state index in [-0.39, 0.29) is 54.1 Å². The Hall–Kier alpha value is -3.24. The van der Waals surface area contributed by atoms with Crippen LogP contribution in [-0.2, 0) is 20.6 Å². The third-order valence-corrected chi connectivity index (χ3v) is 10.1. The lowest BCUT2D eigenvalue weighted by atomic mass is 9.66. The van der Waals surface area contributed by atoms with Crippen molar-refractivity contribution in [3.63, 3.8) is 0 Å². The van der Waals surface area contributed by atoms with Crippen LogP contribution in [0.1, 0.15) is 22.6 Å². The Kier molecular flexibility index (Phi) is 12.9. The number of ether oxygens (including phenoxy) is 8. The van der Waals surface area contributed by atoms with Gasteiger partial charge in [0.1, 0.15) is 48.8 Å². The first kappa shape index (κ1) is 40.0. The molecule has 1 aliphatic carbocycles. The third kappa shape index (κ3) is 7.31. The maximum Gasteiger partial charge on any atom is 0.229 e. The second kappa shape index (κ2) is 16.8. The van der Waals surface area contributed by atoms with Crippen LogP contribution >= 0.6 is 0 Å². The SMILES string of the molecule is COc1cc([C@@H]2c3c(cc(OC)c(O[C@@H]4O[C@H](CO)[C@@H](O)[C@H](O)[C@H]4O)c3OC)C[C@H](CO)[C@H]2CO[C@@H]2O[C@H](CO)[C@@H](O)[C@H](O)[C@H]2O)cc(OC)c1O. The molecule has 292 valence electrons. The number of hydrogen-bond donors (Lipinski definition) is 10. The zero-order valence-corrected chi connectivity index (χ0v) is 29.0. The molecule has 0 bridgehead atoms. The van der Waals surface area contributed by atoms with Crippen molar-refractivity contribution in [2.45, 2.75) is 73.8 Å². The monoisotopic (exact) mass is 744 g/mol. The normalized spacial score (nSPS) is 34.7. The second-order valence-electron chi connectivity index (χ2n) is 12.9. The van der Waals surface area contributed by atoms with Crippen LogP contribution < -0.4 is 23.7 Å². The number of phenols is 1. The summed E-state index contributed by atoms with van der Waals surface area (Å²) in [6.45, 7) is -1.98. The highest BCUT2D eigenvalue weighted by molar-refractivity contribution is 5.64. The van der Waals surface area contributed by atoms with Crippen molar-refractivity contribution in [3.05, 3.63) is 34.9 Å². The van der Waals surface area contributed by atoms with E-state index in [2.05, 4.69) is 0 Å². The summed E-state index contributed by atoms with van der Waals surface area (Å²) in [6.07, 6.45) is -15.6. The number of phenolic OH excluding ortho intramolecular Hbond substituents is 1. The first-order valence-electron chi connectivity index (χ1n) is 16.6. The van der Waals surface area contributed by atoms with Crippen molar-refractivity contribution < 1.29 is 89.0 Å². The Morgan fingerprint density at radius 3 is 1.67 bits per heavy atom. The van der Waals surface area contributed by atoms with Gasteiger partial charge in [-0.2, -0.15) is 0 Å². The standard InChI is InChI=1S/C34H48O18/c1-45-17-6-14(7-18(46-2)24(17)38)22-16(12-49-33-29(43)27(41)25(39)20(10-36)50-33)15(9-35)5-13-8-19(47-3)31(32(48-4)23(13)22)52-34-30(44)28(42)26(40)21(11-37)51-34/h6-8,15-16,20-22,25-30,33-44H,5,9-12H2,1-4H3/t15-,16-,20-,21-,22+,25-,26-,27+,28+,29-,30-,33-,34+/m1/s1. The molecule has 0 amide bonds. The van der Waals surface area contributed by atoms with Gasteiger partial charge in [-0.1, -0.05) is 0 Å². The molecule has 3 aliphatic rings. The quantitative estimate of drug-likeness (QED) is 0.100. The molecule has 0 spiro atoms. The Morgan fingerprint density at radius 1 is 0.635 bits per heavy atom. The minimum atomic E-state index is -1.77. The summed E-state index contributed by atoms with van der Waals surface area (Å²) in [5, 5.41) is 104. The lowest BCUT2D eigenvalue weighted by Crippen LogP contribution is -2.60. The summed E-state index contributed by atoms with van der Waals surface area (Å²) in [4.78, 5) is 0. The summed E-state index contributed by atoms with van der Waals surface area (Å²) in [5.41, 5.74) is 1.55. The van der Waals surface area contributed by atoms with Gasteiger partial charge in [-0.3, -0.25) is 0 Å². The van der Waals surface area contributed by atoms with Crippen LogP contribution in [0.2, 0.25) is 0 Å². The lowest BCUT2D eigenvalue weighted by molar-refractivity contribution is -0.304. The summed E-state index contributed by atoms with van der Waals surface area (Å²) >= 11 is 0. The molecule has 2 heterocycles. The van der Waals surface area contributed by atoms with Crippen LogP contribution in [0.3, 0.4) is 0 Å². The average Bonchev–Trinajstić information content (AvgIpc) is 3.16. The first-order valence-corrected chi connectivity index (χ1v) is 16.6. The van der Waals surface area contributed by atoms with Crippen molar-refractivity contribution in [2.24, 2.45) is 11.8 Å². The van der Waals surface area contributed by atoms with Gasteiger partial charge in [-0.15, -0.1) is 0 Å². The number of aliphatic hydroxyl groups excluding tert-OH is 9. The molecule has 2 aromatic rings. The van der Waals surface area contributed by atoms with Gasteiger partial charge in [0.05, 0.1) is 48.3 Å². The van der Waals surface area contributed by atoms with Gasteiger partial charge in [0.15, 0.2) is 29.3 Å². The smallest absolute Gasteiger partial charge is 0.229 e. The lowest BCUT2D eigenvalue weighted by Gasteiger charge is -2.43. The Morgan fingerprint density at radius 2 is 1.17 bits per heavy atom. The van der Waals surface area contributed by atoms with E-state index >= 15 is 0 Å². The summed E-state index contributed by atoms with van der Waals surface area (Å²) in [5.74, 6) is -2.20. The van der Waals surface area contributed by atoms with Crippen LogP contribution in [0.5, 0.6) is 34.5 Å². The molecule has 2 fully saturated rings. The minimum Gasteiger partial charge on any atom is -0.502 e. The van der Waals surface area contributed by atoms with Gasteiger partial charge in [0.25, 0.3) is 0 Å². The van der Waals surface area contributed by atoms with Crippen LogP contribution in [0.25, 0.3) is 0 Å². The highest BCUT2D eigenvalue weighted by Gasteiger charge is 2.48. The molecule has 0 unspecified atom stereocenters. The van der Waals surface area contributed by atoms with Gasteiger partial charge in [0.2, 0.25) is 17.8 Å². The molecule has 0 radical (unpaired) electrons. The third-order valence-electron chi connectivity index (χ3n) is 10.1. The molecular formula is C34H48O18. The number of rotatable bonds is 13. The van der Waals surface area contributed by atoms with Crippen LogP contribution in [-0.4, -0.2) is 167 Å². The van der Waals surface area contributed by atoms with Gasteiger partial charge in [-0.05, 0) is 47.6 Å². The fourth-order valence-corrected chi connectivity index (χ4v) is 7.21. The topological polar surface area (TPSA) is 276 Å². The zero-order chi connectivity index (χ0) is 38.0. The van der Waals surface area contributed by atoms with Crippen molar-refractivity contribution >= 4 is 0 Å². The molecule has 5 rings (SSSR count). The predicted octanol–water partition coefficient (Wildman–Crippen LogP) is -2.67. The highest BCUT2D eigenvalue weighted by atomic mass is 16.7. The first-order chi connectivity index (χ1) is 24.9. The van der Waals surface area contributed by atoms with E-state index < -0.39 is 92.4 Å². The number of aliphatic hydroxyl groups is 9. The molecule has 52 heavy (non-hydrogen) atoms. The molecule has 13 atom stereocenters. The van der Waals surface area contributed by atoms with E-state index in [9.17, 15) is 51.1 Å². The summed E-state index contributed by atoms with van der Waals surface area (Å²) in [6, 6.07) is 4.74. The van der Waals surface area contributed by atoms with Crippen LogP contribution in [0.15, 0.2) is 18.2 Å². The largest absolute Gasteiger partial charge is 0.502 e. The van der Waals surface area contributed by atoms with Crippen LogP contribution in [0, 0.1) is 11.8 Å². The molecular weight excluding hydrogens is 696 g/mol. The van der Waals surface area contributed by atoms with Gasteiger partial charge >= 0.3 is 0 Å². The number of methoxy groups -OCH3 is 4. The summed E-state index contributed by atoms with van der Waals surface area (Å²) in [7, 11) is 5.40. The molecule has 18 nitrogen and oxygen atoms in total. The van der Waals surface area contributed by atoms with E-state index in [1.54, 1.807) is 18.2 Å². The fourth-order valence-electron chi connectivity index (χ4n) is 7.21. The van der Waals surface area contributed by atoms with Gasteiger partial charge in [0, 0.05) is 18.1 Å². The fraction of sp³-hybridized carbons (Fsp3) is 0.647. The van der Waals surface area contributed by atoms with Gasteiger partial charge in [-0.25, -0.2) is 0 Å². The highest BCUT2D eigenvalue weighted by Crippen LogP contribution is 2.55. The Balaban J connectivity index is 1.66. The van der Waals surface area contributed by atoms with Crippen molar-refractivity contribution in [3.8, 4) is 34.5 Å². The van der Waals surface area contributed by atoms with E-state index in [1.807, 2.05) is 0 Å². The Labute approximate surface area is 298 Å². The molecule has 2 aliphatic heterocycles. The number of aromatic hydroxyl groups is 1. The maximum atomic E-state index is 10.8. The molecule has 18 heteroatoms. The zero-order valence-electron chi connectivity index (χ0n) is 29.0. The van der Waals surface area contributed by atoms with E-state index in [0.717, 1.165) is 0 Å². The van der Waals surface area contributed by atoms with E-state index in [0.29, 0.717) is 16.7 Å². The van der Waals surface area contributed by atoms with Crippen molar-refractivity contribution in [1.82, 2.24) is 0 Å². The molecule has 10 N–H and O–H groups in total. The average molecular weight is 745 g/mol. The molecule has 2 aromatic carbocycles. The maximum absolute atomic E-state index is 10.8.